The number of aliphatic hydroxyl groups is 1. The van der Waals surface area contributed by atoms with Crippen LogP contribution in [0.2, 0.25) is 0 Å². The minimum Gasteiger partial charge on any atom is -0.449 e. The molecule has 1 heterocycles. The molecule has 2 unspecified atom stereocenters. The molecule has 1 aliphatic heterocycles. The molecule has 2 aromatic carbocycles. The van der Waals surface area contributed by atoms with Gasteiger partial charge in [-0.15, -0.1) is 0 Å². The van der Waals surface area contributed by atoms with Gasteiger partial charge in [0, 0.05) is 25.0 Å². The first kappa shape index (κ1) is 17.1. The van der Waals surface area contributed by atoms with Gasteiger partial charge in [-0.05, 0) is 28.7 Å². The van der Waals surface area contributed by atoms with Gasteiger partial charge in [-0.25, -0.2) is 4.79 Å². The molecule has 1 amide bonds. The van der Waals surface area contributed by atoms with Crippen LogP contribution in [0.1, 0.15) is 23.5 Å². The molecule has 2 N–H and O–H groups in total. The minimum absolute atomic E-state index is 0.0485. The highest BCUT2D eigenvalue weighted by Crippen LogP contribution is 2.44. The summed E-state index contributed by atoms with van der Waals surface area (Å²) in [7, 11) is 0. The summed E-state index contributed by atoms with van der Waals surface area (Å²) in [6.45, 7) is 1.40. The Bertz CT molecular complexity index is 746. The number of ether oxygens (including phenoxy) is 2. The van der Waals surface area contributed by atoms with E-state index in [4.69, 9.17) is 14.6 Å². The van der Waals surface area contributed by atoms with Gasteiger partial charge in [-0.3, -0.25) is 0 Å². The lowest BCUT2D eigenvalue weighted by molar-refractivity contribution is 0.0939. The predicted molar refractivity (Wildman–Crippen MR) is 98.0 cm³/mol. The molecule has 26 heavy (non-hydrogen) atoms. The maximum atomic E-state index is 12.1. The van der Waals surface area contributed by atoms with Crippen molar-refractivity contribution in [1.82, 2.24) is 5.32 Å². The number of benzene rings is 2. The summed E-state index contributed by atoms with van der Waals surface area (Å²) in [6, 6.07) is 16.5. The third-order valence-electron chi connectivity index (χ3n) is 5.24. The van der Waals surface area contributed by atoms with Crippen molar-refractivity contribution >= 4 is 6.09 Å². The van der Waals surface area contributed by atoms with Crippen LogP contribution in [0.5, 0.6) is 0 Å². The third-order valence-corrected chi connectivity index (χ3v) is 5.24. The number of rotatable bonds is 5. The number of nitrogens with one attached hydrogen (secondary N) is 1. The molecule has 2 aromatic rings. The fourth-order valence-electron chi connectivity index (χ4n) is 3.90. The maximum absolute atomic E-state index is 12.1. The Morgan fingerprint density at radius 2 is 1.77 bits per heavy atom. The van der Waals surface area contributed by atoms with Gasteiger partial charge in [0.1, 0.15) is 6.61 Å². The number of amides is 1. The molecule has 4 rings (SSSR count). The monoisotopic (exact) mass is 353 g/mol. The highest BCUT2D eigenvalue weighted by Gasteiger charge is 2.29. The predicted octanol–water partition coefficient (Wildman–Crippen LogP) is 2.92. The van der Waals surface area contributed by atoms with Gasteiger partial charge in [-0.2, -0.15) is 0 Å². The zero-order valence-electron chi connectivity index (χ0n) is 14.6. The third kappa shape index (κ3) is 3.32. The van der Waals surface area contributed by atoms with Gasteiger partial charge in [0.15, 0.2) is 0 Å². The minimum atomic E-state index is -0.428. The van der Waals surface area contributed by atoms with E-state index in [9.17, 15) is 4.79 Å². The van der Waals surface area contributed by atoms with E-state index in [0.717, 1.165) is 6.42 Å². The lowest BCUT2D eigenvalue weighted by Crippen LogP contribution is -2.33. The van der Waals surface area contributed by atoms with E-state index in [0.29, 0.717) is 19.8 Å². The molecule has 5 nitrogen and oxygen atoms in total. The summed E-state index contributed by atoms with van der Waals surface area (Å²) < 4.78 is 11.0. The van der Waals surface area contributed by atoms with Crippen LogP contribution in [0.15, 0.2) is 48.5 Å². The zero-order valence-corrected chi connectivity index (χ0v) is 14.6. The second kappa shape index (κ2) is 7.48. The Morgan fingerprint density at radius 3 is 2.38 bits per heavy atom. The Labute approximate surface area is 152 Å². The molecule has 136 valence electrons. The highest BCUT2D eigenvalue weighted by atomic mass is 16.5. The lowest BCUT2D eigenvalue weighted by atomic mass is 9.98. The highest BCUT2D eigenvalue weighted by molar-refractivity contribution is 5.79. The van der Waals surface area contributed by atoms with E-state index in [2.05, 4.69) is 29.6 Å². The van der Waals surface area contributed by atoms with Crippen molar-refractivity contribution in [1.29, 1.82) is 0 Å². The Kier molecular flexibility index (Phi) is 4.91. The molecular formula is C21H23NO4. The van der Waals surface area contributed by atoms with Gasteiger partial charge >= 0.3 is 6.09 Å². The van der Waals surface area contributed by atoms with Crippen molar-refractivity contribution < 1.29 is 19.4 Å². The van der Waals surface area contributed by atoms with Crippen LogP contribution in [0, 0.1) is 5.92 Å². The molecule has 0 spiro atoms. The number of hydrogen-bond acceptors (Lipinski definition) is 4. The van der Waals surface area contributed by atoms with Crippen LogP contribution in [0.4, 0.5) is 4.79 Å². The first-order chi connectivity index (χ1) is 12.8. The van der Waals surface area contributed by atoms with Gasteiger partial charge in [0.25, 0.3) is 0 Å². The van der Waals surface area contributed by atoms with E-state index in [1.165, 1.54) is 22.3 Å². The zero-order chi connectivity index (χ0) is 17.9. The van der Waals surface area contributed by atoms with Crippen LogP contribution >= 0.6 is 0 Å². The summed E-state index contributed by atoms with van der Waals surface area (Å²) in [6.07, 6.45) is 0.288. The molecule has 5 heteroatoms. The maximum Gasteiger partial charge on any atom is 0.407 e. The number of carbonyl (C=O) groups is 1. The standard InChI is InChI=1S/C21H23NO4/c23-11-14-9-15(25-12-14)10-22-21(24)26-13-20-18-7-3-1-5-16(18)17-6-2-4-8-19(17)20/h1-8,14-15,20,23H,9-13H2,(H,22,24). The van der Waals surface area contributed by atoms with Crippen LogP contribution in [-0.2, 0) is 9.47 Å². The summed E-state index contributed by atoms with van der Waals surface area (Å²) in [5, 5.41) is 11.9. The molecule has 0 aromatic heterocycles. The van der Waals surface area contributed by atoms with Crippen LogP contribution < -0.4 is 5.32 Å². The van der Waals surface area contributed by atoms with Gasteiger partial charge in [0.05, 0.1) is 12.7 Å². The second-order valence-corrected chi connectivity index (χ2v) is 6.95. The van der Waals surface area contributed by atoms with Gasteiger partial charge < -0.3 is 19.9 Å². The fourth-order valence-corrected chi connectivity index (χ4v) is 3.90. The molecule has 2 aliphatic rings. The van der Waals surface area contributed by atoms with Crippen LogP contribution in [0.25, 0.3) is 11.1 Å². The first-order valence-corrected chi connectivity index (χ1v) is 9.07. The molecule has 0 saturated carbocycles. The van der Waals surface area contributed by atoms with E-state index in [1.54, 1.807) is 0 Å². The summed E-state index contributed by atoms with van der Waals surface area (Å²) >= 11 is 0. The Hall–Kier alpha value is -2.37. The van der Waals surface area contributed by atoms with E-state index < -0.39 is 6.09 Å². The Morgan fingerprint density at radius 1 is 1.12 bits per heavy atom. The first-order valence-electron chi connectivity index (χ1n) is 9.07. The van der Waals surface area contributed by atoms with Crippen molar-refractivity contribution in [3.05, 3.63) is 59.7 Å². The van der Waals surface area contributed by atoms with E-state index in [1.807, 2.05) is 24.3 Å². The average molecular weight is 353 g/mol. The normalized spacial score (nSPS) is 21.3. The fraction of sp³-hybridized carbons (Fsp3) is 0.381. The smallest absolute Gasteiger partial charge is 0.407 e. The van der Waals surface area contributed by atoms with E-state index >= 15 is 0 Å². The quantitative estimate of drug-likeness (QED) is 0.867. The lowest BCUT2D eigenvalue weighted by Gasteiger charge is -2.15. The number of carbonyl (C=O) groups excluding carboxylic acids is 1. The summed E-state index contributed by atoms with van der Waals surface area (Å²) in [5.41, 5.74) is 4.83. The number of hydrogen-bond donors (Lipinski definition) is 2. The Balaban J connectivity index is 1.35. The number of fused-ring (bicyclic) bond motifs is 3. The molecule has 2 atom stereocenters. The largest absolute Gasteiger partial charge is 0.449 e. The van der Waals surface area contributed by atoms with Crippen molar-refractivity contribution in [2.45, 2.75) is 18.4 Å². The van der Waals surface area contributed by atoms with Crippen molar-refractivity contribution in [2.75, 3.05) is 26.4 Å². The average Bonchev–Trinajstić information content (AvgIpc) is 3.27. The van der Waals surface area contributed by atoms with Crippen molar-refractivity contribution in [3.63, 3.8) is 0 Å². The number of alkyl carbamates (subject to hydrolysis) is 1. The molecule has 1 aliphatic carbocycles. The van der Waals surface area contributed by atoms with Crippen molar-refractivity contribution in [3.8, 4) is 11.1 Å². The second-order valence-electron chi connectivity index (χ2n) is 6.95. The molecule has 1 fully saturated rings. The van der Waals surface area contributed by atoms with Crippen LogP contribution in [-0.4, -0.2) is 43.7 Å². The topological polar surface area (TPSA) is 67.8 Å². The molecule has 0 radical (unpaired) electrons. The summed E-state index contributed by atoms with van der Waals surface area (Å²) in [5.74, 6) is 0.235. The van der Waals surface area contributed by atoms with E-state index in [-0.39, 0.29) is 24.5 Å². The van der Waals surface area contributed by atoms with Crippen molar-refractivity contribution in [2.24, 2.45) is 5.92 Å². The molecule has 1 saturated heterocycles. The van der Waals surface area contributed by atoms with Gasteiger partial charge in [-0.1, -0.05) is 48.5 Å². The number of aliphatic hydroxyl groups excluding tert-OH is 1. The molecule has 0 bridgehead atoms. The van der Waals surface area contributed by atoms with Gasteiger partial charge in [0.2, 0.25) is 0 Å². The van der Waals surface area contributed by atoms with Crippen LogP contribution in [0.3, 0.4) is 0 Å². The molecular weight excluding hydrogens is 330 g/mol. The summed E-state index contributed by atoms with van der Waals surface area (Å²) in [4.78, 5) is 12.1. The SMILES string of the molecule is O=C(NCC1CC(CO)CO1)OCC1c2ccccc2-c2ccccc21.